The number of piperidine rings is 1. The molecule has 12 nitrogen and oxygen atoms in total. The molecule has 0 radical (unpaired) electrons. The number of sulfone groups is 1. The zero-order valence-electron chi connectivity index (χ0n) is 28.1. The molecule has 2 aliphatic heterocycles. The zero-order valence-corrected chi connectivity index (χ0v) is 29.8. The van der Waals surface area contributed by atoms with E-state index in [-0.39, 0.29) is 48.5 Å². The van der Waals surface area contributed by atoms with Crippen molar-refractivity contribution in [2.75, 3.05) is 46.6 Å². The number of alkyl halides is 2. The van der Waals surface area contributed by atoms with Crippen LogP contribution in [0.25, 0.3) is 11.1 Å². The molecule has 2 heterocycles. The van der Waals surface area contributed by atoms with Crippen LogP contribution in [0.3, 0.4) is 0 Å². The van der Waals surface area contributed by atoms with Crippen LogP contribution in [0.2, 0.25) is 0 Å². The molecule has 0 aromatic heterocycles. The summed E-state index contributed by atoms with van der Waals surface area (Å²) in [6.45, 7) is -1.07. The van der Waals surface area contributed by atoms with Crippen LogP contribution in [0.4, 0.5) is 8.78 Å². The summed E-state index contributed by atoms with van der Waals surface area (Å²) in [4.78, 5) is -0.539. The molecule has 3 aromatic rings. The molecule has 0 amide bonds. The molecule has 6 rings (SSSR count). The van der Waals surface area contributed by atoms with Crippen LogP contribution in [0.5, 0.6) is 11.5 Å². The summed E-state index contributed by atoms with van der Waals surface area (Å²) in [5, 5.41) is 18.2. The zero-order chi connectivity index (χ0) is 36.7. The van der Waals surface area contributed by atoms with Gasteiger partial charge in [-0.1, -0.05) is 30.3 Å². The van der Waals surface area contributed by atoms with Crippen molar-refractivity contribution in [3.05, 3.63) is 72.3 Å². The van der Waals surface area contributed by atoms with Crippen LogP contribution >= 0.6 is 0 Å². The quantitative estimate of drug-likeness (QED) is 0.191. The number of aliphatic hydroxyl groups is 2. The SMILES string of the molecule is COc1ccc(S(=O)(=O)N2CCC3(CC2)C[C@H](NCC(O)COc2cccc(S(=O)(=O)C(F)(F)CO)c2)CO3)cc1-c1ccc(C2(N)CC2)cc1. The van der Waals surface area contributed by atoms with Crippen molar-refractivity contribution in [2.45, 2.75) is 70.4 Å². The van der Waals surface area contributed by atoms with E-state index in [0.29, 0.717) is 37.2 Å². The van der Waals surface area contributed by atoms with Gasteiger partial charge in [0.15, 0.2) is 0 Å². The van der Waals surface area contributed by atoms with Gasteiger partial charge in [-0.15, -0.1) is 0 Å². The second-order valence-electron chi connectivity index (χ2n) is 13.5. The Kier molecular flexibility index (Phi) is 10.5. The van der Waals surface area contributed by atoms with Crippen molar-refractivity contribution in [3.8, 4) is 22.6 Å². The molecule has 1 aliphatic carbocycles. The van der Waals surface area contributed by atoms with Crippen molar-refractivity contribution < 1.29 is 50.0 Å². The van der Waals surface area contributed by atoms with Gasteiger partial charge in [-0.25, -0.2) is 16.8 Å². The Hall–Kier alpha value is -3.22. The fraction of sp³-hybridized carbons (Fsp3) is 0.486. The highest BCUT2D eigenvalue weighted by Gasteiger charge is 2.46. The van der Waals surface area contributed by atoms with E-state index in [1.54, 1.807) is 25.3 Å². The maximum atomic E-state index is 13.8. The van der Waals surface area contributed by atoms with Gasteiger partial charge in [-0.05, 0) is 79.6 Å². The first-order valence-corrected chi connectivity index (χ1v) is 19.6. The lowest BCUT2D eigenvalue weighted by Crippen LogP contribution is -2.47. The predicted molar refractivity (Wildman–Crippen MR) is 184 cm³/mol. The molecule has 278 valence electrons. The fourth-order valence-corrected chi connectivity index (χ4v) is 9.14. The lowest BCUT2D eigenvalue weighted by Gasteiger charge is -2.38. The number of rotatable bonds is 14. The van der Waals surface area contributed by atoms with Gasteiger partial charge in [0.25, 0.3) is 0 Å². The van der Waals surface area contributed by atoms with Gasteiger partial charge in [0.05, 0.1) is 29.1 Å². The molecule has 3 aliphatic rings. The molecule has 3 fully saturated rings. The lowest BCUT2D eigenvalue weighted by molar-refractivity contribution is -0.0312. The minimum atomic E-state index is -5.13. The Morgan fingerprint density at radius 2 is 1.73 bits per heavy atom. The number of benzene rings is 3. The molecule has 51 heavy (non-hydrogen) atoms. The normalized spacial score (nSPS) is 21.0. The van der Waals surface area contributed by atoms with Crippen molar-refractivity contribution in [1.82, 2.24) is 9.62 Å². The van der Waals surface area contributed by atoms with E-state index < -0.39 is 48.3 Å². The third-order valence-electron chi connectivity index (χ3n) is 9.99. The second kappa shape index (κ2) is 14.3. The number of aliphatic hydroxyl groups excluding tert-OH is 2. The van der Waals surface area contributed by atoms with Gasteiger partial charge in [0, 0.05) is 36.8 Å². The summed E-state index contributed by atoms with van der Waals surface area (Å²) in [6.07, 6.45) is 2.47. The van der Waals surface area contributed by atoms with E-state index in [2.05, 4.69) is 5.32 Å². The average molecular weight is 752 g/mol. The molecule has 5 N–H and O–H groups in total. The number of methoxy groups -OCH3 is 1. The van der Waals surface area contributed by atoms with Gasteiger partial charge in [0.2, 0.25) is 19.9 Å². The maximum absolute atomic E-state index is 13.8. The summed E-state index contributed by atoms with van der Waals surface area (Å²) >= 11 is 0. The van der Waals surface area contributed by atoms with E-state index in [4.69, 9.17) is 25.1 Å². The lowest BCUT2D eigenvalue weighted by atomic mass is 9.88. The van der Waals surface area contributed by atoms with Gasteiger partial charge in [0.1, 0.15) is 30.8 Å². The van der Waals surface area contributed by atoms with Crippen LogP contribution in [0, 0.1) is 0 Å². The molecule has 2 saturated heterocycles. The highest BCUT2D eigenvalue weighted by Crippen LogP contribution is 2.44. The van der Waals surface area contributed by atoms with Crippen molar-refractivity contribution in [2.24, 2.45) is 5.73 Å². The summed E-state index contributed by atoms with van der Waals surface area (Å²) in [5.74, 6) is 0.529. The van der Waals surface area contributed by atoms with Crippen molar-refractivity contribution in [1.29, 1.82) is 0 Å². The molecule has 2 atom stereocenters. The first kappa shape index (κ1) is 37.5. The van der Waals surface area contributed by atoms with E-state index in [0.717, 1.165) is 36.1 Å². The largest absolute Gasteiger partial charge is 0.496 e. The Morgan fingerprint density at radius 3 is 2.37 bits per heavy atom. The van der Waals surface area contributed by atoms with Gasteiger partial charge in [-0.2, -0.15) is 13.1 Å². The molecule has 3 aromatic carbocycles. The van der Waals surface area contributed by atoms with Crippen LogP contribution in [-0.4, -0.2) is 101 Å². The highest BCUT2D eigenvalue weighted by molar-refractivity contribution is 7.92. The van der Waals surface area contributed by atoms with E-state index in [9.17, 15) is 30.7 Å². The van der Waals surface area contributed by atoms with Crippen LogP contribution in [-0.2, 0) is 30.1 Å². The molecular weight excluding hydrogens is 709 g/mol. The molecule has 16 heteroatoms. The molecule has 1 spiro atoms. The first-order valence-electron chi connectivity index (χ1n) is 16.7. The summed E-state index contributed by atoms with van der Waals surface area (Å²) < 4.78 is 98.0. The van der Waals surface area contributed by atoms with Gasteiger partial charge >= 0.3 is 5.25 Å². The van der Waals surface area contributed by atoms with Crippen LogP contribution in [0.15, 0.2) is 76.5 Å². The minimum absolute atomic E-state index is 0.0351. The summed E-state index contributed by atoms with van der Waals surface area (Å²) in [5.41, 5.74) is 8.11. The molecule has 0 bridgehead atoms. The van der Waals surface area contributed by atoms with Gasteiger partial charge in [-0.3, -0.25) is 0 Å². The van der Waals surface area contributed by atoms with E-state index in [1.807, 2.05) is 24.3 Å². The monoisotopic (exact) mass is 751 g/mol. The van der Waals surface area contributed by atoms with Crippen LogP contribution in [0.1, 0.15) is 37.7 Å². The Morgan fingerprint density at radius 1 is 1.02 bits per heavy atom. The van der Waals surface area contributed by atoms with E-state index in [1.165, 1.54) is 16.4 Å². The number of nitrogens with two attached hydrogens (primary N) is 1. The smallest absolute Gasteiger partial charge is 0.372 e. The predicted octanol–water partition coefficient (Wildman–Crippen LogP) is 3.01. The average Bonchev–Trinajstić information content (AvgIpc) is 3.77. The molecular formula is C35H43F2N3O9S2. The summed E-state index contributed by atoms with van der Waals surface area (Å²) in [6, 6.07) is 17.1. The third kappa shape index (κ3) is 7.78. The minimum Gasteiger partial charge on any atom is -0.496 e. The number of halogens is 2. The van der Waals surface area contributed by atoms with E-state index >= 15 is 0 Å². The second-order valence-corrected chi connectivity index (χ2v) is 17.6. The number of hydrogen-bond acceptors (Lipinski definition) is 11. The number of ether oxygens (including phenoxy) is 3. The third-order valence-corrected chi connectivity index (χ3v) is 13.7. The van der Waals surface area contributed by atoms with Crippen molar-refractivity contribution >= 4 is 19.9 Å². The highest BCUT2D eigenvalue weighted by atomic mass is 32.2. The fourth-order valence-electron chi connectivity index (χ4n) is 6.63. The number of hydrogen-bond donors (Lipinski definition) is 4. The number of sulfonamides is 1. The Bertz CT molecular complexity index is 1930. The Balaban J connectivity index is 1.00. The Labute approximate surface area is 296 Å². The first-order chi connectivity index (χ1) is 24.1. The number of nitrogens with one attached hydrogen (secondary N) is 1. The molecule has 1 saturated carbocycles. The molecule has 1 unspecified atom stereocenters. The summed E-state index contributed by atoms with van der Waals surface area (Å²) in [7, 11) is -7.39. The topological polar surface area (TPSA) is 178 Å². The number of nitrogens with zero attached hydrogens (tertiary/aromatic N) is 1. The van der Waals surface area contributed by atoms with Gasteiger partial charge < -0.3 is 35.5 Å². The van der Waals surface area contributed by atoms with Crippen molar-refractivity contribution in [3.63, 3.8) is 0 Å². The maximum Gasteiger partial charge on any atom is 0.372 e. The van der Waals surface area contributed by atoms with Crippen LogP contribution < -0.4 is 20.5 Å². The standard InChI is InChI=1S/C35H43F2N3O9S2/c1-47-32-10-9-30(18-31(32)24-5-7-25(8-6-24)34(38)11-12-34)51(45,46)40-15-13-33(14-16-40)19-26(21-49-33)39-20-27(42)22-48-28-3-2-4-29(17-28)50(43,44)35(36,37)23-41/h2-10,17-18,26-27,39,41-42H,11-16,19-23,38H2,1H3/t26-,27?/m0/s1.